The predicted molar refractivity (Wildman–Crippen MR) is 98.7 cm³/mol. The van der Waals surface area contributed by atoms with Crippen molar-refractivity contribution in [1.29, 1.82) is 0 Å². The molecule has 2 aromatic rings. The number of aryl methyl sites for hydroxylation is 1. The van der Waals surface area contributed by atoms with E-state index in [9.17, 15) is 4.79 Å². The lowest BCUT2D eigenvalue weighted by Crippen LogP contribution is -2.25. The summed E-state index contributed by atoms with van der Waals surface area (Å²) >= 11 is 1.86. The van der Waals surface area contributed by atoms with Crippen LogP contribution < -0.4 is 10.6 Å². The molecule has 0 saturated heterocycles. The van der Waals surface area contributed by atoms with E-state index in [2.05, 4.69) is 46.8 Å². The molecule has 1 amide bonds. The Morgan fingerprint density at radius 2 is 2.29 bits per heavy atom. The molecule has 0 saturated carbocycles. The Labute approximate surface area is 147 Å². The van der Waals surface area contributed by atoms with Crippen LogP contribution in [0.2, 0.25) is 0 Å². The van der Waals surface area contributed by atoms with Gasteiger partial charge in [-0.3, -0.25) is 9.89 Å². The molecule has 1 aromatic heterocycles. The van der Waals surface area contributed by atoms with Crippen LogP contribution in [0, 0.1) is 6.92 Å². The van der Waals surface area contributed by atoms with E-state index in [4.69, 9.17) is 0 Å². The maximum absolute atomic E-state index is 12.6. The van der Waals surface area contributed by atoms with Gasteiger partial charge in [0.2, 0.25) is 0 Å². The zero-order valence-electron chi connectivity index (χ0n) is 14.4. The average molecular weight is 344 g/mol. The number of rotatable bonds is 5. The number of aromatic amines is 1. The highest BCUT2D eigenvalue weighted by atomic mass is 32.2. The lowest BCUT2D eigenvalue weighted by atomic mass is 10.1. The number of H-pyrrole nitrogens is 1. The van der Waals surface area contributed by atoms with Crippen LogP contribution in [-0.2, 0) is 13.0 Å². The first-order chi connectivity index (χ1) is 11.6. The van der Waals surface area contributed by atoms with E-state index < -0.39 is 0 Å². The fourth-order valence-corrected chi connectivity index (χ4v) is 3.78. The number of hydrogen-bond acceptors (Lipinski definition) is 4. The number of nitrogens with zero attached hydrogens (tertiary/aromatic N) is 1. The molecule has 0 bridgehead atoms. The van der Waals surface area contributed by atoms with Gasteiger partial charge in [0.25, 0.3) is 5.91 Å². The largest absolute Gasteiger partial charge is 0.320 e. The number of aromatic nitrogens is 2. The number of carbonyl (C=O) groups excluding carboxylic acids is 1. The maximum Gasteiger partial charge on any atom is 0.276 e. The molecule has 6 heteroatoms. The van der Waals surface area contributed by atoms with Crippen molar-refractivity contribution in [2.75, 3.05) is 11.9 Å². The van der Waals surface area contributed by atoms with E-state index in [0.717, 1.165) is 41.9 Å². The van der Waals surface area contributed by atoms with Crippen molar-refractivity contribution < 1.29 is 4.79 Å². The van der Waals surface area contributed by atoms with Crippen molar-refractivity contribution >= 4 is 23.4 Å². The predicted octanol–water partition coefficient (Wildman–Crippen LogP) is 3.51. The Hall–Kier alpha value is -1.79. The summed E-state index contributed by atoms with van der Waals surface area (Å²) in [6.45, 7) is 8.06. The number of amides is 1. The molecule has 1 aromatic carbocycles. The first-order valence-electron chi connectivity index (χ1n) is 8.44. The van der Waals surface area contributed by atoms with Crippen LogP contribution in [-0.4, -0.2) is 27.9 Å². The van der Waals surface area contributed by atoms with Crippen molar-refractivity contribution in [3.05, 3.63) is 40.7 Å². The summed E-state index contributed by atoms with van der Waals surface area (Å²) in [5, 5.41) is 14.1. The number of nitrogens with one attached hydrogen (secondary N) is 3. The van der Waals surface area contributed by atoms with Crippen LogP contribution in [0.5, 0.6) is 0 Å². The van der Waals surface area contributed by atoms with Gasteiger partial charge in [-0.05, 0) is 37.1 Å². The van der Waals surface area contributed by atoms with Gasteiger partial charge in [0.05, 0.1) is 0 Å². The third kappa shape index (κ3) is 3.65. The Morgan fingerprint density at radius 3 is 3.04 bits per heavy atom. The molecule has 24 heavy (non-hydrogen) atoms. The summed E-state index contributed by atoms with van der Waals surface area (Å²) < 4.78 is 0. The summed E-state index contributed by atoms with van der Waals surface area (Å²) in [6.07, 6.45) is 2.02. The van der Waals surface area contributed by atoms with E-state index in [1.165, 1.54) is 4.90 Å². The number of thioether (sulfide) groups is 1. The standard InChI is InChI=1S/C18H24N4OS/c1-4-12(3)24-13-5-6-15(11(2)9-13)20-18(23)17-14-10-19-8-7-16(14)21-22-17/h5-6,9,12,19H,4,7-8,10H2,1-3H3,(H,20,23)(H,21,22). The van der Waals surface area contributed by atoms with Crippen molar-refractivity contribution in [3.63, 3.8) is 0 Å². The fraction of sp³-hybridized carbons (Fsp3) is 0.444. The zero-order valence-corrected chi connectivity index (χ0v) is 15.2. The van der Waals surface area contributed by atoms with Gasteiger partial charge in [-0.15, -0.1) is 11.8 Å². The average Bonchev–Trinajstić information content (AvgIpc) is 3.01. The van der Waals surface area contributed by atoms with Crippen LogP contribution in [0.4, 0.5) is 5.69 Å². The minimum atomic E-state index is -0.151. The molecule has 0 radical (unpaired) electrons. The lowest BCUT2D eigenvalue weighted by molar-refractivity contribution is 0.102. The molecule has 1 atom stereocenters. The highest BCUT2D eigenvalue weighted by Crippen LogP contribution is 2.29. The molecular formula is C18H24N4OS. The summed E-state index contributed by atoms with van der Waals surface area (Å²) in [6, 6.07) is 6.18. The molecule has 2 heterocycles. The van der Waals surface area contributed by atoms with E-state index in [0.29, 0.717) is 17.5 Å². The van der Waals surface area contributed by atoms with Gasteiger partial charge in [-0.2, -0.15) is 5.10 Å². The molecule has 3 rings (SSSR count). The van der Waals surface area contributed by atoms with Gasteiger partial charge in [-0.1, -0.05) is 13.8 Å². The highest BCUT2D eigenvalue weighted by molar-refractivity contribution is 7.99. The topological polar surface area (TPSA) is 69.8 Å². The molecule has 1 unspecified atom stereocenters. The first-order valence-corrected chi connectivity index (χ1v) is 9.32. The van der Waals surface area contributed by atoms with Gasteiger partial charge in [-0.25, -0.2) is 0 Å². The van der Waals surface area contributed by atoms with Crippen LogP contribution in [0.1, 0.15) is 47.6 Å². The van der Waals surface area contributed by atoms with E-state index in [-0.39, 0.29) is 5.91 Å². The van der Waals surface area contributed by atoms with Gasteiger partial charge in [0, 0.05) is 46.6 Å². The van der Waals surface area contributed by atoms with Gasteiger partial charge >= 0.3 is 0 Å². The third-order valence-corrected chi connectivity index (χ3v) is 5.64. The monoisotopic (exact) mass is 344 g/mol. The van der Waals surface area contributed by atoms with Gasteiger partial charge < -0.3 is 10.6 Å². The molecule has 0 fully saturated rings. The Bertz CT molecular complexity index is 741. The maximum atomic E-state index is 12.6. The SMILES string of the molecule is CCC(C)Sc1ccc(NC(=O)c2n[nH]c3c2CNCC3)c(C)c1. The highest BCUT2D eigenvalue weighted by Gasteiger charge is 2.21. The van der Waals surface area contributed by atoms with E-state index in [1.807, 2.05) is 24.8 Å². The number of carbonyl (C=O) groups is 1. The third-order valence-electron chi connectivity index (χ3n) is 4.38. The molecule has 0 aliphatic carbocycles. The van der Waals surface area contributed by atoms with Crippen molar-refractivity contribution in [3.8, 4) is 0 Å². The second-order valence-corrected chi connectivity index (χ2v) is 7.74. The molecule has 128 valence electrons. The van der Waals surface area contributed by atoms with E-state index >= 15 is 0 Å². The normalized spacial score (nSPS) is 15.0. The number of fused-ring (bicyclic) bond motifs is 1. The molecule has 1 aliphatic rings. The van der Waals surface area contributed by atoms with Crippen LogP contribution in [0.25, 0.3) is 0 Å². The summed E-state index contributed by atoms with van der Waals surface area (Å²) in [7, 11) is 0. The Kier molecular flexibility index (Phi) is 5.26. The first kappa shape index (κ1) is 17.0. The molecule has 1 aliphatic heterocycles. The second-order valence-electron chi connectivity index (χ2n) is 6.22. The number of anilines is 1. The van der Waals surface area contributed by atoms with E-state index in [1.54, 1.807) is 0 Å². The second kappa shape index (κ2) is 7.40. The minimum absolute atomic E-state index is 0.151. The van der Waals surface area contributed by atoms with Crippen molar-refractivity contribution in [2.45, 2.75) is 50.3 Å². The smallest absolute Gasteiger partial charge is 0.276 e. The summed E-state index contributed by atoms with van der Waals surface area (Å²) in [5.41, 5.74) is 4.46. The minimum Gasteiger partial charge on any atom is -0.320 e. The van der Waals surface area contributed by atoms with Crippen molar-refractivity contribution in [2.24, 2.45) is 0 Å². The molecule has 0 spiro atoms. The molecular weight excluding hydrogens is 320 g/mol. The van der Waals surface area contributed by atoms with Crippen LogP contribution in [0.3, 0.4) is 0 Å². The number of hydrogen-bond donors (Lipinski definition) is 3. The Balaban J connectivity index is 1.74. The van der Waals surface area contributed by atoms with Gasteiger partial charge in [0.1, 0.15) is 0 Å². The fourth-order valence-electron chi connectivity index (χ4n) is 2.76. The van der Waals surface area contributed by atoms with Gasteiger partial charge in [0.15, 0.2) is 5.69 Å². The molecule has 5 nitrogen and oxygen atoms in total. The zero-order chi connectivity index (χ0) is 17.1. The van der Waals surface area contributed by atoms with Crippen molar-refractivity contribution in [1.82, 2.24) is 15.5 Å². The Morgan fingerprint density at radius 1 is 1.46 bits per heavy atom. The number of benzene rings is 1. The van der Waals surface area contributed by atoms with Crippen LogP contribution in [0.15, 0.2) is 23.1 Å². The molecule has 3 N–H and O–H groups in total. The summed E-state index contributed by atoms with van der Waals surface area (Å²) in [4.78, 5) is 13.8. The lowest BCUT2D eigenvalue weighted by Gasteiger charge is -2.14. The quantitative estimate of drug-likeness (QED) is 0.726. The van der Waals surface area contributed by atoms with Crippen LogP contribution >= 0.6 is 11.8 Å². The summed E-state index contributed by atoms with van der Waals surface area (Å²) in [5.74, 6) is -0.151.